The molecule has 0 radical (unpaired) electrons. The maximum absolute atomic E-state index is 12.4. The zero-order chi connectivity index (χ0) is 16.8. The van der Waals surface area contributed by atoms with Gasteiger partial charge in [-0.3, -0.25) is 9.69 Å². The average Bonchev–Trinajstić information content (AvgIpc) is 3.00. The molecule has 0 aliphatic carbocycles. The first kappa shape index (κ1) is 17.3. The van der Waals surface area contributed by atoms with Crippen molar-refractivity contribution in [1.29, 1.82) is 0 Å². The number of hydrogen-bond acceptors (Lipinski definition) is 4. The van der Waals surface area contributed by atoms with Crippen molar-refractivity contribution in [2.45, 2.75) is 31.8 Å². The molecule has 1 aliphatic rings. The van der Waals surface area contributed by atoms with Gasteiger partial charge < -0.3 is 20.0 Å². The van der Waals surface area contributed by atoms with Crippen LogP contribution in [0.1, 0.15) is 31.6 Å². The van der Waals surface area contributed by atoms with E-state index in [4.69, 9.17) is 4.42 Å². The Labute approximate surface area is 137 Å². The highest BCUT2D eigenvalue weighted by molar-refractivity contribution is 5.75. The Hall–Kier alpha value is -2.02. The van der Waals surface area contributed by atoms with Gasteiger partial charge in [-0.1, -0.05) is 0 Å². The van der Waals surface area contributed by atoms with Crippen LogP contribution >= 0.6 is 0 Å². The fraction of sp³-hybridized carbons (Fsp3) is 0.625. The van der Waals surface area contributed by atoms with E-state index in [9.17, 15) is 9.59 Å². The second-order valence-corrected chi connectivity index (χ2v) is 6.17. The summed E-state index contributed by atoms with van der Waals surface area (Å²) in [5, 5.41) is 5.86. The van der Waals surface area contributed by atoms with Crippen molar-refractivity contribution >= 4 is 11.9 Å². The van der Waals surface area contributed by atoms with Crippen LogP contribution in [0.25, 0.3) is 0 Å². The largest absolute Gasteiger partial charge is 0.468 e. The van der Waals surface area contributed by atoms with E-state index in [-0.39, 0.29) is 24.0 Å². The van der Waals surface area contributed by atoms with Gasteiger partial charge in [0.05, 0.1) is 12.3 Å². The van der Waals surface area contributed by atoms with E-state index in [0.29, 0.717) is 13.1 Å². The number of furan rings is 1. The average molecular weight is 322 g/mol. The van der Waals surface area contributed by atoms with Crippen molar-refractivity contribution < 1.29 is 14.0 Å². The summed E-state index contributed by atoms with van der Waals surface area (Å²) in [5.74, 6) is 0.771. The van der Waals surface area contributed by atoms with Crippen molar-refractivity contribution in [3.63, 3.8) is 0 Å². The normalized spacial score (nSPS) is 19.5. The molecular weight excluding hydrogens is 296 g/mol. The van der Waals surface area contributed by atoms with E-state index in [1.807, 2.05) is 31.1 Å². The van der Waals surface area contributed by atoms with Crippen molar-refractivity contribution in [1.82, 2.24) is 20.4 Å². The van der Waals surface area contributed by atoms with E-state index < -0.39 is 0 Å². The highest BCUT2D eigenvalue weighted by Crippen LogP contribution is 2.18. The van der Waals surface area contributed by atoms with Gasteiger partial charge in [-0.15, -0.1) is 0 Å². The van der Waals surface area contributed by atoms with Crippen LogP contribution in [0.5, 0.6) is 0 Å². The van der Waals surface area contributed by atoms with E-state index >= 15 is 0 Å². The van der Waals surface area contributed by atoms with Crippen molar-refractivity contribution in [3.05, 3.63) is 24.2 Å². The van der Waals surface area contributed by atoms with Crippen LogP contribution in [0.15, 0.2) is 22.8 Å². The summed E-state index contributed by atoms with van der Waals surface area (Å²) in [5.41, 5.74) is 0. The van der Waals surface area contributed by atoms with Gasteiger partial charge >= 0.3 is 6.03 Å². The Morgan fingerprint density at radius 1 is 1.48 bits per heavy atom. The molecule has 2 rings (SSSR count). The number of amides is 3. The highest BCUT2D eigenvalue weighted by Gasteiger charge is 2.25. The Bertz CT molecular complexity index is 515. The molecule has 1 aliphatic heterocycles. The molecule has 3 amide bonds. The molecule has 0 spiro atoms. The Balaban J connectivity index is 1.87. The number of carbonyl (C=O) groups is 2. The molecule has 0 bridgehead atoms. The third-order valence-electron chi connectivity index (χ3n) is 4.06. The van der Waals surface area contributed by atoms with E-state index in [1.54, 1.807) is 11.2 Å². The second-order valence-electron chi connectivity index (χ2n) is 6.17. The number of likely N-dealkylation sites (tertiary alicyclic amines) is 1. The lowest BCUT2D eigenvalue weighted by Gasteiger charge is -2.33. The van der Waals surface area contributed by atoms with Gasteiger partial charge in [0, 0.05) is 32.6 Å². The summed E-state index contributed by atoms with van der Waals surface area (Å²) < 4.78 is 5.44. The predicted octanol–water partition coefficient (Wildman–Crippen LogP) is 1.19. The van der Waals surface area contributed by atoms with Crippen molar-refractivity contribution in [2.75, 3.05) is 33.7 Å². The molecule has 0 unspecified atom stereocenters. The quantitative estimate of drug-likeness (QED) is 0.854. The number of rotatable bonds is 5. The summed E-state index contributed by atoms with van der Waals surface area (Å²) in [4.78, 5) is 27.3. The lowest BCUT2D eigenvalue weighted by molar-refractivity contribution is -0.119. The molecule has 1 aromatic heterocycles. The van der Waals surface area contributed by atoms with E-state index in [1.165, 1.54) is 6.92 Å². The minimum absolute atomic E-state index is 0.00937. The molecule has 7 nitrogen and oxygen atoms in total. The molecule has 1 saturated heterocycles. The summed E-state index contributed by atoms with van der Waals surface area (Å²) in [6.45, 7) is 3.25. The third-order valence-corrected chi connectivity index (χ3v) is 4.06. The molecule has 7 heteroatoms. The SMILES string of the molecule is CC(=O)N[C@H]1CCCN(C(=O)NC[C@H](c2ccco2)N(C)C)C1. The van der Waals surface area contributed by atoms with Gasteiger partial charge in [-0.2, -0.15) is 0 Å². The fourth-order valence-corrected chi connectivity index (χ4v) is 2.88. The molecule has 128 valence electrons. The Morgan fingerprint density at radius 2 is 2.26 bits per heavy atom. The minimum atomic E-state index is -0.0986. The number of nitrogens with zero attached hydrogens (tertiary/aromatic N) is 2. The lowest BCUT2D eigenvalue weighted by Crippen LogP contribution is -2.52. The molecule has 1 aromatic rings. The van der Waals surface area contributed by atoms with Crippen LogP contribution in [0.2, 0.25) is 0 Å². The predicted molar refractivity (Wildman–Crippen MR) is 86.9 cm³/mol. The lowest BCUT2D eigenvalue weighted by atomic mass is 10.1. The zero-order valence-corrected chi connectivity index (χ0v) is 14.0. The number of likely N-dealkylation sites (N-methyl/N-ethyl adjacent to an activating group) is 1. The smallest absolute Gasteiger partial charge is 0.317 e. The maximum Gasteiger partial charge on any atom is 0.317 e. The summed E-state index contributed by atoms with van der Waals surface area (Å²) in [7, 11) is 3.90. The van der Waals surface area contributed by atoms with Crippen LogP contribution in [-0.2, 0) is 4.79 Å². The summed E-state index contributed by atoms with van der Waals surface area (Å²) in [6.07, 6.45) is 3.44. The molecule has 1 fully saturated rings. The van der Waals surface area contributed by atoms with Gasteiger partial charge in [-0.25, -0.2) is 4.79 Å². The standard InChI is InChI=1S/C16H26N4O3/c1-12(21)18-13-6-4-8-20(11-13)16(22)17-10-14(19(2)3)15-7-5-9-23-15/h5,7,9,13-14H,4,6,8,10-11H2,1-3H3,(H,17,22)(H,18,21)/t13-,14+/m0/s1. The maximum atomic E-state index is 12.4. The molecule has 2 atom stereocenters. The molecule has 0 saturated carbocycles. The van der Waals surface area contributed by atoms with Crippen LogP contribution in [0, 0.1) is 0 Å². The number of nitrogens with one attached hydrogen (secondary N) is 2. The highest BCUT2D eigenvalue weighted by atomic mass is 16.3. The molecule has 23 heavy (non-hydrogen) atoms. The van der Waals surface area contributed by atoms with Gasteiger partial charge in [-0.05, 0) is 39.1 Å². The number of carbonyl (C=O) groups excluding carboxylic acids is 2. The monoisotopic (exact) mass is 322 g/mol. The van der Waals surface area contributed by atoms with Gasteiger partial charge in [0.2, 0.25) is 5.91 Å². The molecule has 0 aromatic carbocycles. The van der Waals surface area contributed by atoms with Crippen LogP contribution < -0.4 is 10.6 Å². The number of urea groups is 1. The van der Waals surface area contributed by atoms with Crippen molar-refractivity contribution in [3.8, 4) is 0 Å². The molecule has 2 heterocycles. The zero-order valence-electron chi connectivity index (χ0n) is 14.0. The van der Waals surface area contributed by atoms with Crippen LogP contribution in [-0.4, -0.2) is 61.5 Å². The van der Waals surface area contributed by atoms with Crippen LogP contribution in [0.4, 0.5) is 4.79 Å². The Kier molecular flexibility index (Phi) is 6.04. The second kappa shape index (κ2) is 8.01. The van der Waals surface area contributed by atoms with Gasteiger partial charge in [0.1, 0.15) is 5.76 Å². The fourth-order valence-electron chi connectivity index (χ4n) is 2.88. The first-order valence-corrected chi connectivity index (χ1v) is 7.97. The third kappa shape index (κ3) is 4.99. The number of piperidine rings is 1. The summed E-state index contributed by atoms with van der Waals surface area (Å²) >= 11 is 0. The summed E-state index contributed by atoms with van der Waals surface area (Å²) in [6, 6.07) is 3.69. The molecular formula is C16H26N4O3. The number of hydrogen-bond donors (Lipinski definition) is 2. The van der Waals surface area contributed by atoms with Gasteiger partial charge in [0.25, 0.3) is 0 Å². The van der Waals surface area contributed by atoms with Crippen molar-refractivity contribution in [2.24, 2.45) is 0 Å². The first-order chi connectivity index (χ1) is 11.0. The Morgan fingerprint density at radius 3 is 2.87 bits per heavy atom. The topological polar surface area (TPSA) is 77.8 Å². The van der Waals surface area contributed by atoms with Gasteiger partial charge in [0.15, 0.2) is 0 Å². The van der Waals surface area contributed by atoms with E-state index in [0.717, 1.165) is 25.1 Å². The van der Waals surface area contributed by atoms with E-state index in [2.05, 4.69) is 10.6 Å². The molecule has 2 N–H and O–H groups in total. The van der Waals surface area contributed by atoms with Crippen LogP contribution in [0.3, 0.4) is 0 Å². The minimum Gasteiger partial charge on any atom is -0.468 e. The first-order valence-electron chi connectivity index (χ1n) is 7.97.